The molecule has 2 unspecified atom stereocenters. The first-order valence-electron chi connectivity index (χ1n) is 4.12. The van der Waals surface area contributed by atoms with E-state index in [1.54, 1.807) is 13.8 Å². The maximum absolute atomic E-state index is 11.1. The van der Waals surface area contributed by atoms with E-state index in [0.29, 0.717) is 0 Å². The van der Waals surface area contributed by atoms with Crippen LogP contribution in [0.15, 0.2) is 0 Å². The predicted molar refractivity (Wildman–Crippen MR) is 48.2 cm³/mol. The second-order valence-corrected chi connectivity index (χ2v) is 4.70. The topological polar surface area (TPSA) is 71.1 Å². The number of hydrogen-bond donors (Lipinski definition) is 0. The Kier molecular flexibility index (Phi) is 5.02. The second kappa shape index (κ2) is 5.81. The van der Waals surface area contributed by atoms with Crippen molar-refractivity contribution < 1.29 is 27.2 Å². The third-order valence-corrected chi connectivity index (χ3v) is 3.15. The summed E-state index contributed by atoms with van der Waals surface area (Å²) in [6, 6.07) is 0. The molecule has 0 spiro atoms. The molecule has 1 aliphatic heterocycles. The normalized spacial score (nSPS) is 36.7. The van der Waals surface area contributed by atoms with Gasteiger partial charge in [-0.3, -0.25) is 0 Å². The Morgan fingerprint density at radius 2 is 1.36 bits per heavy atom. The molecule has 0 N–H and O–H groups in total. The van der Waals surface area contributed by atoms with E-state index in [1.165, 1.54) is 0 Å². The Balaban J connectivity index is 2.51. The molecule has 0 bridgehead atoms. The average molecular weight is 242 g/mol. The Morgan fingerprint density at radius 1 is 0.929 bits per heavy atom. The standard InChI is InChI=1S/C6H12O6P2/c1-5-3-9-13(7)10-4-6(2)12-14(8)11-5/h5-6H,3-4H2,1-2H3/q+2. The molecule has 0 radical (unpaired) electrons. The third-order valence-electron chi connectivity index (χ3n) is 1.36. The second-order valence-electron chi connectivity index (χ2n) is 2.87. The molecule has 1 rings (SSSR count). The highest BCUT2D eigenvalue weighted by Crippen LogP contribution is 2.33. The van der Waals surface area contributed by atoms with E-state index in [-0.39, 0.29) is 13.2 Å². The Bertz CT molecular complexity index is 212. The predicted octanol–water partition coefficient (Wildman–Crippen LogP) is 2.16. The largest absolute Gasteiger partial charge is 0.698 e. The van der Waals surface area contributed by atoms with E-state index in [2.05, 4.69) is 0 Å². The lowest BCUT2D eigenvalue weighted by Gasteiger charge is -2.03. The monoisotopic (exact) mass is 242 g/mol. The summed E-state index contributed by atoms with van der Waals surface area (Å²) >= 11 is 0. The summed E-state index contributed by atoms with van der Waals surface area (Å²) in [5.74, 6) is 0. The first-order chi connectivity index (χ1) is 6.58. The molecule has 1 fully saturated rings. The van der Waals surface area contributed by atoms with E-state index >= 15 is 0 Å². The Hall–Kier alpha value is 0.0400. The fourth-order valence-electron chi connectivity index (χ4n) is 0.748. The van der Waals surface area contributed by atoms with Crippen LogP contribution in [0.25, 0.3) is 0 Å². The smallest absolute Gasteiger partial charge is 0.116 e. The van der Waals surface area contributed by atoms with Crippen molar-refractivity contribution in [2.45, 2.75) is 26.1 Å². The van der Waals surface area contributed by atoms with E-state index in [9.17, 15) is 9.13 Å². The lowest BCUT2D eigenvalue weighted by atomic mass is 10.5. The zero-order chi connectivity index (χ0) is 10.6. The van der Waals surface area contributed by atoms with Crippen molar-refractivity contribution in [1.82, 2.24) is 0 Å². The first-order valence-corrected chi connectivity index (χ1v) is 6.31. The molecule has 80 valence electrons. The van der Waals surface area contributed by atoms with Crippen molar-refractivity contribution in [3.8, 4) is 0 Å². The fourth-order valence-corrected chi connectivity index (χ4v) is 2.25. The van der Waals surface area contributed by atoms with E-state index in [1.807, 2.05) is 0 Å². The van der Waals surface area contributed by atoms with Gasteiger partial charge in [0.15, 0.2) is 0 Å². The van der Waals surface area contributed by atoms with Crippen LogP contribution in [0.2, 0.25) is 0 Å². The van der Waals surface area contributed by atoms with Crippen molar-refractivity contribution in [2.75, 3.05) is 13.2 Å². The summed E-state index contributed by atoms with van der Waals surface area (Å²) in [5.41, 5.74) is 0. The van der Waals surface area contributed by atoms with Gasteiger partial charge in [-0.25, -0.2) is 0 Å². The minimum Gasteiger partial charge on any atom is -0.116 e. The molecule has 1 aliphatic rings. The molecule has 0 saturated carbocycles. The highest BCUT2D eigenvalue weighted by atomic mass is 31.1. The quantitative estimate of drug-likeness (QED) is 0.606. The van der Waals surface area contributed by atoms with Crippen LogP contribution in [0.3, 0.4) is 0 Å². The molecule has 8 heteroatoms. The van der Waals surface area contributed by atoms with Crippen LogP contribution >= 0.6 is 16.5 Å². The van der Waals surface area contributed by atoms with Crippen LogP contribution in [0, 0.1) is 0 Å². The van der Waals surface area contributed by atoms with Crippen LogP contribution in [-0.2, 0) is 27.2 Å². The lowest BCUT2D eigenvalue weighted by Crippen LogP contribution is -2.17. The number of rotatable bonds is 0. The molecule has 0 aliphatic carbocycles. The van der Waals surface area contributed by atoms with Crippen molar-refractivity contribution >= 4 is 16.5 Å². The summed E-state index contributed by atoms with van der Waals surface area (Å²) in [6.07, 6.45) is -0.877. The van der Waals surface area contributed by atoms with Crippen LogP contribution < -0.4 is 0 Å². The molecule has 0 aromatic heterocycles. The van der Waals surface area contributed by atoms with Crippen LogP contribution in [-0.4, -0.2) is 25.4 Å². The van der Waals surface area contributed by atoms with Gasteiger partial charge in [0.1, 0.15) is 25.4 Å². The van der Waals surface area contributed by atoms with Crippen LogP contribution in [0.5, 0.6) is 0 Å². The average Bonchev–Trinajstić information content (AvgIpc) is 2.10. The maximum Gasteiger partial charge on any atom is 0.698 e. The highest BCUT2D eigenvalue weighted by molar-refractivity contribution is 7.33. The van der Waals surface area contributed by atoms with Gasteiger partial charge in [0, 0.05) is 9.13 Å². The highest BCUT2D eigenvalue weighted by Gasteiger charge is 2.34. The van der Waals surface area contributed by atoms with Gasteiger partial charge in [0.05, 0.1) is 0 Å². The van der Waals surface area contributed by atoms with Crippen molar-refractivity contribution in [1.29, 1.82) is 0 Å². The molecule has 2 atom stereocenters. The van der Waals surface area contributed by atoms with E-state index in [4.69, 9.17) is 18.1 Å². The minimum absolute atomic E-state index is 0.0635. The van der Waals surface area contributed by atoms with Gasteiger partial charge in [0.25, 0.3) is 0 Å². The Labute approximate surface area is 83.8 Å². The summed E-state index contributed by atoms with van der Waals surface area (Å²) in [5, 5.41) is 0. The molecule has 1 heterocycles. The molecule has 0 aromatic rings. The maximum atomic E-state index is 11.1. The van der Waals surface area contributed by atoms with Crippen LogP contribution in [0.4, 0.5) is 0 Å². The molecular weight excluding hydrogens is 230 g/mol. The van der Waals surface area contributed by atoms with E-state index in [0.717, 1.165) is 0 Å². The number of hydrogen-bond acceptors (Lipinski definition) is 6. The van der Waals surface area contributed by atoms with Crippen molar-refractivity contribution in [3.63, 3.8) is 0 Å². The SMILES string of the molecule is CC1CO[P+](=O)OCC(C)O[P+](=O)O1. The zero-order valence-corrected chi connectivity index (χ0v) is 9.70. The van der Waals surface area contributed by atoms with Gasteiger partial charge in [0.2, 0.25) is 0 Å². The van der Waals surface area contributed by atoms with Gasteiger partial charge in [-0.05, 0) is 13.8 Å². The van der Waals surface area contributed by atoms with Crippen LogP contribution in [0.1, 0.15) is 13.8 Å². The lowest BCUT2D eigenvalue weighted by molar-refractivity contribution is 0.0654. The van der Waals surface area contributed by atoms with Gasteiger partial charge in [-0.2, -0.15) is 0 Å². The van der Waals surface area contributed by atoms with Gasteiger partial charge >= 0.3 is 16.5 Å². The summed E-state index contributed by atoms with van der Waals surface area (Å²) in [6.45, 7) is 3.42. The van der Waals surface area contributed by atoms with Crippen molar-refractivity contribution in [2.24, 2.45) is 0 Å². The Morgan fingerprint density at radius 3 is 1.79 bits per heavy atom. The molecule has 0 amide bonds. The van der Waals surface area contributed by atoms with Gasteiger partial charge in [-0.1, -0.05) is 0 Å². The van der Waals surface area contributed by atoms with Gasteiger partial charge < -0.3 is 0 Å². The van der Waals surface area contributed by atoms with Crippen molar-refractivity contribution in [3.05, 3.63) is 0 Å². The van der Waals surface area contributed by atoms with E-state index < -0.39 is 28.7 Å². The summed E-state index contributed by atoms with van der Waals surface area (Å²) in [7, 11) is -4.30. The molecule has 0 aromatic carbocycles. The van der Waals surface area contributed by atoms with Gasteiger partial charge in [-0.15, -0.1) is 18.1 Å². The minimum atomic E-state index is -2.16. The summed E-state index contributed by atoms with van der Waals surface area (Å²) < 4.78 is 41.6. The summed E-state index contributed by atoms with van der Waals surface area (Å²) in [4.78, 5) is 0. The molecule has 1 saturated heterocycles. The molecule has 14 heavy (non-hydrogen) atoms. The third kappa shape index (κ3) is 4.51. The molecule has 6 nitrogen and oxygen atoms in total. The zero-order valence-electron chi connectivity index (χ0n) is 7.91. The fraction of sp³-hybridized carbons (Fsp3) is 1.00. The molecular formula is C6H12O6P2+2. The first kappa shape index (κ1) is 12.1.